The second-order valence-electron chi connectivity index (χ2n) is 4.97. The summed E-state index contributed by atoms with van der Waals surface area (Å²) in [6.07, 6.45) is 0. The number of rotatable bonds is 6. The van der Waals surface area contributed by atoms with Crippen LogP contribution in [0, 0.1) is 0 Å². The Morgan fingerprint density at radius 3 is 2.26 bits per heavy atom. The number of sulfonamides is 1. The summed E-state index contributed by atoms with van der Waals surface area (Å²) in [5, 5.41) is 11.3. The number of ether oxygens (including phenoxy) is 1. The molecule has 2 N–H and O–H groups in total. The number of carboxylic acid groups (broad SMARTS) is 1. The summed E-state index contributed by atoms with van der Waals surface area (Å²) in [4.78, 5) is 22.6. The molecule has 2 rings (SSSR count). The lowest BCUT2D eigenvalue weighted by molar-refractivity contribution is 0.0696. The summed E-state index contributed by atoms with van der Waals surface area (Å²) in [5.41, 5.74) is 0.357. The van der Waals surface area contributed by atoms with E-state index in [0.717, 1.165) is 0 Å². The molecule has 1 fully saturated rings. The highest BCUT2D eigenvalue weighted by atomic mass is 32.2. The van der Waals surface area contributed by atoms with Crippen LogP contribution in [0.4, 0.5) is 0 Å². The monoisotopic (exact) mass is 342 g/mol. The van der Waals surface area contributed by atoms with Gasteiger partial charge in [-0.05, 0) is 24.3 Å². The summed E-state index contributed by atoms with van der Waals surface area (Å²) >= 11 is 0. The molecule has 1 saturated heterocycles. The van der Waals surface area contributed by atoms with Gasteiger partial charge >= 0.3 is 5.97 Å². The summed E-state index contributed by atoms with van der Waals surface area (Å²) in [7, 11) is -3.42. The molecule has 23 heavy (non-hydrogen) atoms. The first-order valence-electron chi connectivity index (χ1n) is 7.07. The molecule has 1 aromatic carbocycles. The second-order valence-corrected chi connectivity index (χ2v) is 7.05. The zero-order valence-corrected chi connectivity index (χ0v) is 13.2. The van der Waals surface area contributed by atoms with Gasteiger partial charge in [-0.3, -0.25) is 4.79 Å². The largest absolute Gasteiger partial charge is 0.478 e. The van der Waals surface area contributed by atoms with Crippen LogP contribution in [0.5, 0.6) is 0 Å². The lowest BCUT2D eigenvalue weighted by Crippen LogP contribution is -2.43. The van der Waals surface area contributed by atoms with Crippen molar-refractivity contribution in [3.05, 3.63) is 35.4 Å². The normalized spacial score (nSPS) is 16.0. The van der Waals surface area contributed by atoms with Gasteiger partial charge in [0.25, 0.3) is 5.91 Å². The number of hydrogen-bond donors (Lipinski definition) is 2. The second kappa shape index (κ2) is 7.53. The Hall–Kier alpha value is -1.97. The topological polar surface area (TPSA) is 113 Å². The number of nitrogens with zero attached hydrogens (tertiary/aromatic N) is 1. The van der Waals surface area contributed by atoms with Crippen molar-refractivity contribution in [2.45, 2.75) is 0 Å². The molecule has 0 atom stereocenters. The smallest absolute Gasteiger partial charge is 0.335 e. The first-order valence-corrected chi connectivity index (χ1v) is 8.68. The van der Waals surface area contributed by atoms with E-state index in [-0.39, 0.29) is 23.4 Å². The molecule has 1 aliphatic rings. The third kappa shape index (κ3) is 4.75. The van der Waals surface area contributed by atoms with Crippen LogP contribution < -0.4 is 5.32 Å². The molecule has 1 aliphatic heterocycles. The highest BCUT2D eigenvalue weighted by Crippen LogP contribution is 2.06. The van der Waals surface area contributed by atoms with Crippen molar-refractivity contribution < 1.29 is 27.9 Å². The molecule has 1 aromatic rings. The highest BCUT2D eigenvalue weighted by Gasteiger charge is 2.24. The van der Waals surface area contributed by atoms with E-state index in [1.54, 1.807) is 0 Å². The Morgan fingerprint density at radius 1 is 1.13 bits per heavy atom. The average molecular weight is 342 g/mol. The maximum Gasteiger partial charge on any atom is 0.335 e. The van der Waals surface area contributed by atoms with Crippen LogP contribution >= 0.6 is 0 Å². The van der Waals surface area contributed by atoms with Crippen molar-refractivity contribution in [2.75, 3.05) is 38.6 Å². The summed E-state index contributed by atoms with van der Waals surface area (Å²) in [6.45, 7) is 1.39. The molecule has 126 valence electrons. The van der Waals surface area contributed by atoms with Gasteiger partial charge < -0.3 is 15.2 Å². The Morgan fingerprint density at radius 2 is 1.70 bits per heavy atom. The number of carbonyl (C=O) groups excluding carboxylic acids is 1. The predicted molar refractivity (Wildman–Crippen MR) is 81.9 cm³/mol. The quantitative estimate of drug-likeness (QED) is 0.739. The standard InChI is InChI=1S/C14H18N2O6S/c17-13(11-1-3-12(4-2-11)14(18)19)15-5-10-23(20,21)16-6-8-22-9-7-16/h1-4H,5-10H2,(H,15,17)(H,18,19). The molecule has 0 spiro atoms. The summed E-state index contributed by atoms with van der Waals surface area (Å²) in [6, 6.07) is 5.41. The molecule has 1 heterocycles. The van der Waals surface area contributed by atoms with Crippen molar-refractivity contribution in [3.8, 4) is 0 Å². The van der Waals surface area contributed by atoms with Crippen LogP contribution in [0.2, 0.25) is 0 Å². The summed E-state index contributed by atoms with van der Waals surface area (Å²) in [5.74, 6) is -1.71. The van der Waals surface area contributed by atoms with E-state index in [1.165, 1.54) is 28.6 Å². The van der Waals surface area contributed by atoms with Crippen LogP contribution in [0.3, 0.4) is 0 Å². The maximum absolute atomic E-state index is 12.1. The molecular weight excluding hydrogens is 324 g/mol. The van der Waals surface area contributed by atoms with Gasteiger partial charge in [-0.25, -0.2) is 13.2 Å². The number of carbonyl (C=O) groups is 2. The fourth-order valence-corrected chi connectivity index (χ4v) is 3.44. The number of morpholine rings is 1. The zero-order valence-electron chi connectivity index (χ0n) is 12.4. The fraction of sp³-hybridized carbons (Fsp3) is 0.429. The van der Waals surface area contributed by atoms with E-state index in [4.69, 9.17) is 9.84 Å². The zero-order chi connectivity index (χ0) is 16.9. The molecule has 0 aliphatic carbocycles. The van der Waals surface area contributed by atoms with Crippen LogP contribution in [0.25, 0.3) is 0 Å². The lowest BCUT2D eigenvalue weighted by Gasteiger charge is -2.26. The molecular formula is C14H18N2O6S. The van der Waals surface area contributed by atoms with Crippen molar-refractivity contribution in [3.63, 3.8) is 0 Å². The van der Waals surface area contributed by atoms with Gasteiger partial charge in [-0.15, -0.1) is 0 Å². The molecule has 8 nitrogen and oxygen atoms in total. The number of amides is 1. The third-order valence-corrected chi connectivity index (χ3v) is 5.28. The first kappa shape index (κ1) is 17.4. The number of carboxylic acids is 1. The predicted octanol–water partition coefficient (Wildman–Crippen LogP) is -0.223. The SMILES string of the molecule is O=C(O)c1ccc(C(=O)NCCS(=O)(=O)N2CCOCC2)cc1. The Kier molecular flexibility index (Phi) is 5.69. The number of hydrogen-bond acceptors (Lipinski definition) is 5. The minimum Gasteiger partial charge on any atom is -0.478 e. The molecule has 1 amide bonds. The van der Waals surface area contributed by atoms with Crippen molar-refractivity contribution in [1.29, 1.82) is 0 Å². The molecule has 0 bridgehead atoms. The average Bonchev–Trinajstić information content (AvgIpc) is 2.55. The van der Waals surface area contributed by atoms with Gasteiger partial charge in [0.05, 0.1) is 24.5 Å². The Labute approximate surface area is 134 Å². The first-order chi connectivity index (χ1) is 10.9. The van der Waals surface area contributed by atoms with Gasteiger partial charge in [-0.2, -0.15) is 4.31 Å². The molecule has 0 saturated carbocycles. The van der Waals surface area contributed by atoms with Crippen LogP contribution in [0.15, 0.2) is 24.3 Å². The lowest BCUT2D eigenvalue weighted by atomic mass is 10.1. The molecule has 9 heteroatoms. The minimum absolute atomic E-state index is 0.0147. The van der Waals surface area contributed by atoms with Gasteiger partial charge in [0.15, 0.2) is 0 Å². The van der Waals surface area contributed by atoms with Crippen molar-refractivity contribution in [2.24, 2.45) is 0 Å². The van der Waals surface area contributed by atoms with Gasteiger partial charge in [0, 0.05) is 25.2 Å². The van der Waals surface area contributed by atoms with Crippen molar-refractivity contribution in [1.82, 2.24) is 9.62 Å². The molecule has 0 unspecified atom stereocenters. The molecule has 0 radical (unpaired) electrons. The Bertz CT molecular complexity index is 665. The number of nitrogens with one attached hydrogen (secondary N) is 1. The van der Waals surface area contributed by atoms with Gasteiger partial charge in [-0.1, -0.05) is 0 Å². The van der Waals surface area contributed by atoms with Crippen LogP contribution in [-0.4, -0.2) is 68.3 Å². The van der Waals surface area contributed by atoms with Gasteiger partial charge in [0.2, 0.25) is 10.0 Å². The van der Waals surface area contributed by atoms with E-state index < -0.39 is 21.9 Å². The van der Waals surface area contributed by atoms with Gasteiger partial charge in [0.1, 0.15) is 0 Å². The minimum atomic E-state index is -3.42. The maximum atomic E-state index is 12.1. The van der Waals surface area contributed by atoms with E-state index in [9.17, 15) is 18.0 Å². The van der Waals surface area contributed by atoms with E-state index in [0.29, 0.717) is 26.3 Å². The molecule has 0 aromatic heterocycles. The summed E-state index contributed by atoms with van der Waals surface area (Å²) < 4.78 is 30.6. The van der Waals surface area contributed by atoms with E-state index in [2.05, 4.69) is 5.32 Å². The number of aromatic carboxylic acids is 1. The third-order valence-electron chi connectivity index (χ3n) is 3.40. The highest BCUT2D eigenvalue weighted by molar-refractivity contribution is 7.89. The van der Waals surface area contributed by atoms with Crippen LogP contribution in [0.1, 0.15) is 20.7 Å². The number of benzene rings is 1. The Balaban J connectivity index is 1.85. The van der Waals surface area contributed by atoms with E-state index >= 15 is 0 Å². The van der Waals surface area contributed by atoms with Crippen LogP contribution in [-0.2, 0) is 14.8 Å². The van der Waals surface area contributed by atoms with Crippen molar-refractivity contribution >= 4 is 21.9 Å². The van der Waals surface area contributed by atoms with E-state index in [1.807, 2.05) is 0 Å². The fourth-order valence-electron chi connectivity index (χ4n) is 2.11.